The van der Waals surface area contributed by atoms with Gasteiger partial charge in [0.1, 0.15) is 24.2 Å². The second kappa shape index (κ2) is 12.2. The van der Waals surface area contributed by atoms with Gasteiger partial charge in [0.2, 0.25) is 17.7 Å². The number of aliphatic hydroxyl groups is 1. The first-order chi connectivity index (χ1) is 14.5. The van der Waals surface area contributed by atoms with E-state index >= 15 is 0 Å². The number of nitrogens with zero attached hydrogens (tertiary/aromatic N) is 1. The van der Waals surface area contributed by atoms with Crippen LogP contribution in [-0.4, -0.2) is 87.2 Å². The molecule has 12 heteroatoms. The van der Waals surface area contributed by atoms with Crippen molar-refractivity contribution in [2.24, 2.45) is 11.7 Å². The molecule has 1 aliphatic heterocycles. The molecule has 4 unspecified atom stereocenters. The number of carboxylic acid groups (broad SMARTS) is 2. The summed E-state index contributed by atoms with van der Waals surface area (Å²) in [4.78, 5) is 61.2. The Balaban J connectivity index is 2.92. The second-order valence-electron chi connectivity index (χ2n) is 8.00. The van der Waals surface area contributed by atoms with Crippen LogP contribution in [-0.2, 0) is 24.0 Å². The van der Waals surface area contributed by atoms with Gasteiger partial charge in [0, 0.05) is 13.0 Å². The quantitative estimate of drug-likeness (QED) is 0.202. The molecule has 0 aromatic carbocycles. The fourth-order valence-corrected chi connectivity index (χ4v) is 3.35. The third kappa shape index (κ3) is 8.13. The lowest BCUT2D eigenvalue weighted by molar-refractivity contribution is -0.145. The van der Waals surface area contributed by atoms with Gasteiger partial charge in [-0.2, -0.15) is 0 Å². The maximum Gasteiger partial charge on any atom is 0.326 e. The van der Waals surface area contributed by atoms with E-state index in [1.54, 1.807) is 0 Å². The first-order valence-electron chi connectivity index (χ1n) is 10.2. The number of hydrogen-bond acceptors (Lipinski definition) is 7. The summed E-state index contributed by atoms with van der Waals surface area (Å²) in [6.45, 7) is 3.37. The lowest BCUT2D eigenvalue weighted by atomic mass is 10.0. The molecule has 31 heavy (non-hydrogen) atoms. The molecule has 0 aliphatic carbocycles. The van der Waals surface area contributed by atoms with Crippen LogP contribution in [0.3, 0.4) is 0 Å². The van der Waals surface area contributed by atoms with Crippen LogP contribution in [0.25, 0.3) is 0 Å². The lowest BCUT2D eigenvalue weighted by Crippen LogP contribution is -2.57. The molecule has 1 heterocycles. The highest BCUT2D eigenvalue weighted by atomic mass is 16.4. The lowest BCUT2D eigenvalue weighted by Gasteiger charge is -2.30. The summed E-state index contributed by atoms with van der Waals surface area (Å²) < 4.78 is 0. The fraction of sp³-hybridized carbons (Fsp3) is 0.737. The Kier molecular flexibility index (Phi) is 10.4. The van der Waals surface area contributed by atoms with Crippen LogP contribution < -0.4 is 16.4 Å². The molecular weight excluding hydrogens is 412 g/mol. The van der Waals surface area contributed by atoms with Crippen LogP contribution in [0.1, 0.15) is 46.0 Å². The summed E-state index contributed by atoms with van der Waals surface area (Å²) in [5, 5.41) is 31.9. The summed E-state index contributed by atoms with van der Waals surface area (Å²) in [6.07, 6.45) is 0.376. The maximum absolute atomic E-state index is 13.1. The van der Waals surface area contributed by atoms with Crippen LogP contribution in [0.4, 0.5) is 0 Å². The Labute approximate surface area is 180 Å². The molecule has 1 aliphatic rings. The monoisotopic (exact) mass is 444 g/mol. The zero-order chi connectivity index (χ0) is 23.7. The molecule has 0 spiro atoms. The smallest absolute Gasteiger partial charge is 0.326 e. The average molecular weight is 444 g/mol. The number of carboxylic acids is 2. The number of rotatable bonds is 12. The number of nitrogens with one attached hydrogen (secondary N) is 2. The number of likely N-dealkylation sites (tertiary alicyclic amines) is 1. The van der Waals surface area contributed by atoms with Crippen molar-refractivity contribution in [1.82, 2.24) is 15.5 Å². The van der Waals surface area contributed by atoms with Gasteiger partial charge in [-0.3, -0.25) is 19.2 Å². The van der Waals surface area contributed by atoms with Crippen LogP contribution in [0.2, 0.25) is 0 Å². The minimum absolute atomic E-state index is 0.0295. The van der Waals surface area contributed by atoms with Gasteiger partial charge in [-0.25, -0.2) is 4.79 Å². The first kappa shape index (κ1) is 26.3. The normalized spacial score (nSPS) is 18.9. The number of aliphatic carboxylic acids is 2. The summed E-state index contributed by atoms with van der Waals surface area (Å²) in [5.41, 5.74) is 5.51. The molecule has 0 aromatic heterocycles. The topological polar surface area (TPSA) is 199 Å². The number of carbonyl (C=O) groups excluding carboxylic acids is 3. The van der Waals surface area contributed by atoms with Gasteiger partial charge in [-0.1, -0.05) is 13.8 Å². The average Bonchev–Trinajstić information content (AvgIpc) is 3.18. The number of nitrogens with two attached hydrogens (primary N) is 1. The molecule has 176 valence electrons. The van der Waals surface area contributed by atoms with Gasteiger partial charge in [0.15, 0.2) is 0 Å². The van der Waals surface area contributed by atoms with Crippen LogP contribution >= 0.6 is 0 Å². The van der Waals surface area contributed by atoms with Crippen molar-refractivity contribution in [2.45, 2.75) is 70.1 Å². The van der Waals surface area contributed by atoms with Crippen molar-refractivity contribution >= 4 is 29.7 Å². The molecule has 1 saturated heterocycles. The van der Waals surface area contributed by atoms with Crippen molar-refractivity contribution in [1.29, 1.82) is 0 Å². The summed E-state index contributed by atoms with van der Waals surface area (Å²) in [5.74, 6) is -4.41. The zero-order valence-corrected chi connectivity index (χ0v) is 17.7. The Morgan fingerprint density at radius 1 is 1.10 bits per heavy atom. The van der Waals surface area contributed by atoms with Gasteiger partial charge in [0.25, 0.3) is 0 Å². The van der Waals surface area contributed by atoms with E-state index in [1.807, 2.05) is 13.8 Å². The van der Waals surface area contributed by atoms with E-state index in [2.05, 4.69) is 10.6 Å². The molecular formula is C19H32N4O8. The Hall–Kier alpha value is -2.73. The van der Waals surface area contributed by atoms with Gasteiger partial charge < -0.3 is 36.6 Å². The Morgan fingerprint density at radius 2 is 1.74 bits per heavy atom. The summed E-state index contributed by atoms with van der Waals surface area (Å²) in [7, 11) is 0. The molecule has 7 N–H and O–H groups in total. The molecule has 12 nitrogen and oxygen atoms in total. The van der Waals surface area contributed by atoms with Gasteiger partial charge >= 0.3 is 11.9 Å². The largest absolute Gasteiger partial charge is 0.481 e. The highest BCUT2D eigenvalue weighted by molar-refractivity contribution is 5.94. The Bertz CT molecular complexity index is 684. The van der Waals surface area contributed by atoms with Gasteiger partial charge in [-0.05, 0) is 31.6 Å². The van der Waals surface area contributed by atoms with E-state index in [0.717, 1.165) is 0 Å². The first-order valence-corrected chi connectivity index (χ1v) is 10.2. The number of aliphatic hydroxyl groups excluding tert-OH is 1. The van der Waals surface area contributed by atoms with Crippen molar-refractivity contribution < 1.29 is 39.3 Å². The molecule has 0 aromatic rings. The molecule has 0 bridgehead atoms. The summed E-state index contributed by atoms with van der Waals surface area (Å²) >= 11 is 0. The highest BCUT2D eigenvalue weighted by Crippen LogP contribution is 2.21. The van der Waals surface area contributed by atoms with E-state index < -0.39 is 66.9 Å². The molecule has 1 rings (SSSR count). The zero-order valence-electron chi connectivity index (χ0n) is 17.7. The minimum atomic E-state index is -1.39. The second-order valence-corrected chi connectivity index (χ2v) is 8.00. The third-order valence-electron chi connectivity index (χ3n) is 4.96. The van der Waals surface area contributed by atoms with E-state index in [4.69, 9.17) is 15.9 Å². The molecule has 4 atom stereocenters. The van der Waals surface area contributed by atoms with Crippen molar-refractivity contribution in [2.75, 3.05) is 13.2 Å². The third-order valence-corrected chi connectivity index (χ3v) is 4.96. The van der Waals surface area contributed by atoms with Crippen molar-refractivity contribution in [3.05, 3.63) is 0 Å². The van der Waals surface area contributed by atoms with Crippen LogP contribution in [0.15, 0.2) is 0 Å². The molecule has 1 fully saturated rings. The standard InChI is InChI=1S/C19H32N4O8/c1-10(2)8-13(22-16(27)11(20)9-24)18(29)23-7-3-4-14(23)17(28)21-12(19(30)31)5-6-15(25)26/h10-14,24H,3-9,20H2,1-2H3,(H,21,28)(H,22,27)(H,25,26)(H,30,31). The van der Waals surface area contributed by atoms with E-state index in [9.17, 15) is 29.1 Å². The van der Waals surface area contributed by atoms with Crippen LogP contribution in [0, 0.1) is 5.92 Å². The number of amides is 3. The van der Waals surface area contributed by atoms with Crippen LogP contribution in [0.5, 0.6) is 0 Å². The maximum atomic E-state index is 13.1. The number of hydrogen-bond donors (Lipinski definition) is 6. The van der Waals surface area contributed by atoms with Gasteiger partial charge in [-0.15, -0.1) is 0 Å². The highest BCUT2D eigenvalue weighted by Gasteiger charge is 2.39. The SMILES string of the molecule is CC(C)CC(NC(=O)C(N)CO)C(=O)N1CCCC1C(=O)NC(CCC(=O)O)C(=O)O. The minimum Gasteiger partial charge on any atom is -0.481 e. The van der Waals surface area contributed by atoms with E-state index in [-0.39, 0.29) is 25.3 Å². The number of carbonyl (C=O) groups is 5. The van der Waals surface area contributed by atoms with Crippen molar-refractivity contribution in [3.8, 4) is 0 Å². The predicted molar refractivity (Wildman–Crippen MR) is 108 cm³/mol. The van der Waals surface area contributed by atoms with E-state index in [1.165, 1.54) is 4.90 Å². The predicted octanol–water partition coefficient (Wildman–Crippen LogP) is -1.74. The van der Waals surface area contributed by atoms with Gasteiger partial charge in [0.05, 0.1) is 6.61 Å². The Morgan fingerprint density at radius 3 is 2.26 bits per heavy atom. The summed E-state index contributed by atoms with van der Waals surface area (Å²) in [6, 6.07) is -4.47. The molecule has 3 amide bonds. The molecule has 0 radical (unpaired) electrons. The van der Waals surface area contributed by atoms with E-state index in [0.29, 0.717) is 12.8 Å². The van der Waals surface area contributed by atoms with Crippen molar-refractivity contribution in [3.63, 3.8) is 0 Å². The molecule has 0 saturated carbocycles. The fourth-order valence-electron chi connectivity index (χ4n) is 3.35.